The number of urea groups is 1. The number of aromatic nitrogens is 2. The summed E-state index contributed by atoms with van der Waals surface area (Å²) in [6.45, 7) is 3.43. The van der Waals surface area contributed by atoms with E-state index in [-0.39, 0.29) is 11.8 Å². The molecule has 0 saturated heterocycles. The Morgan fingerprint density at radius 3 is 2.67 bits per heavy atom. The third kappa shape index (κ3) is 2.79. The Kier molecular flexibility index (Phi) is 3.43. The van der Waals surface area contributed by atoms with E-state index >= 15 is 0 Å². The lowest BCUT2D eigenvalue weighted by Crippen LogP contribution is -2.40. The van der Waals surface area contributed by atoms with Crippen LogP contribution in [-0.2, 0) is 13.1 Å². The molecule has 0 fully saturated rings. The standard InChI is InChI=1S/C15H16N4O2/c1-11(20)12-2-4-13(5-3-12)17-15(21)19-9-8-18-7-6-16-14(18)10-19/h2-7H,8-10H2,1H3,(H,17,21). The molecule has 0 radical (unpaired) electrons. The molecule has 1 aliphatic heterocycles. The monoisotopic (exact) mass is 284 g/mol. The first-order valence-electron chi connectivity index (χ1n) is 6.80. The van der Waals surface area contributed by atoms with Gasteiger partial charge in [-0.05, 0) is 31.2 Å². The predicted octanol–water partition coefficient (Wildman–Crippen LogP) is 2.13. The van der Waals surface area contributed by atoms with Crippen molar-refractivity contribution in [1.82, 2.24) is 14.5 Å². The molecule has 2 aromatic rings. The fourth-order valence-electron chi connectivity index (χ4n) is 2.34. The van der Waals surface area contributed by atoms with Gasteiger partial charge < -0.3 is 14.8 Å². The molecule has 2 amide bonds. The van der Waals surface area contributed by atoms with Crippen LogP contribution in [-0.4, -0.2) is 32.8 Å². The third-order valence-electron chi connectivity index (χ3n) is 3.57. The number of amides is 2. The number of carbonyl (C=O) groups is 2. The molecule has 108 valence electrons. The smallest absolute Gasteiger partial charge is 0.322 e. The summed E-state index contributed by atoms with van der Waals surface area (Å²) in [5.41, 5.74) is 1.31. The minimum absolute atomic E-state index is 0.00995. The molecular weight excluding hydrogens is 268 g/mol. The molecule has 0 saturated carbocycles. The lowest BCUT2D eigenvalue weighted by atomic mass is 10.1. The van der Waals surface area contributed by atoms with Crippen molar-refractivity contribution in [1.29, 1.82) is 0 Å². The second-order valence-electron chi connectivity index (χ2n) is 5.02. The number of hydrogen-bond acceptors (Lipinski definition) is 3. The molecule has 21 heavy (non-hydrogen) atoms. The number of hydrogen-bond donors (Lipinski definition) is 1. The van der Waals surface area contributed by atoms with Crippen molar-refractivity contribution in [3.05, 3.63) is 48.0 Å². The van der Waals surface area contributed by atoms with E-state index in [2.05, 4.69) is 10.3 Å². The van der Waals surface area contributed by atoms with Crippen LogP contribution in [0.2, 0.25) is 0 Å². The topological polar surface area (TPSA) is 67.2 Å². The van der Waals surface area contributed by atoms with Crippen molar-refractivity contribution >= 4 is 17.5 Å². The molecule has 1 aliphatic rings. The minimum atomic E-state index is -0.153. The molecule has 1 aromatic heterocycles. The molecule has 0 unspecified atom stereocenters. The Balaban J connectivity index is 1.65. The van der Waals surface area contributed by atoms with Crippen LogP contribution in [0.4, 0.5) is 10.5 Å². The van der Waals surface area contributed by atoms with Gasteiger partial charge in [-0.25, -0.2) is 9.78 Å². The van der Waals surface area contributed by atoms with Gasteiger partial charge in [0.2, 0.25) is 0 Å². The van der Waals surface area contributed by atoms with E-state index in [0.29, 0.717) is 24.3 Å². The summed E-state index contributed by atoms with van der Waals surface area (Å²) in [5, 5.41) is 2.84. The van der Waals surface area contributed by atoms with Crippen LogP contribution in [0, 0.1) is 0 Å². The van der Waals surface area contributed by atoms with Crippen LogP contribution in [0.5, 0.6) is 0 Å². The highest BCUT2D eigenvalue weighted by molar-refractivity contribution is 5.95. The van der Waals surface area contributed by atoms with E-state index < -0.39 is 0 Å². The molecule has 0 spiro atoms. The first-order valence-corrected chi connectivity index (χ1v) is 6.80. The number of Topliss-reactive ketones (excluding diaryl/α,β-unsaturated/α-hetero) is 1. The van der Waals surface area contributed by atoms with E-state index in [1.54, 1.807) is 35.4 Å². The van der Waals surface area contributed by atoms with Gasteiger partial charge in [-0.15, -0.1) is 0 Å². The Morgan fingerprint density at radius 1 is 1.19 bits per heavy atom. The molecule has 0 atom stereocenters. The molecule has 1 aromatic carbocycles. The van der Waals surface area contributed by atoms with E-state index in [1.165, 1.54) is 6.92 Å². The normalized spacial score (nSPS) is 13.7. The van der Waals surface area contributed by atoms with E-state index in [0.717, 1.165) is 12.4 Å². The number of nitrogens with zero attached hydrogens (tertiary/aromatic N) is 3. The highest BCUT2D eigenvalue weighted by Gasteiger charge is 2.21. The Hall–Kier alpha value is -2.63. The summed E-state index contributed by atoms with van der Waals surface area (Å²) in [4.78, 5) is 29.4. The zero-order valence-electron chi connectivity index (χ0n) is 11.7. The number of rotatable bonds is 2. The zero-order chi connectivity index (χ0) is 14.8. The highest BCUT2D eigenvalue weighted by Crippen LogP contribution is 2.14. The van der Waals surface area contributed by atoms with Crippen LogP contribution >= 0.6 is 0 Å². The van der Waals surface area contributed by atoms with Crippen molar-refractivity contribution in [3.63, 3.8) is 0 Å². The zero-order valence-corrected chi connectivity index (χ0v) is 11.7. The fraction of sp³-hybridized carbons (Fsp3) is 0.267. The fourth-order valence-corrected chi connectivity index (χ4v) is 2.34. The third-order valence-corrected chi connectivity index (χ3v) is 3.57. The Morgan fingerprint density at radius 2 is 1.95 bits per heavy atom. The van der Waals surface area contributed by atoms with E-state index in [1.807, 2.05) is 10.8 Å². The predicted molar refractivity (Wildman–Crippen MR) is 78.1 cm³/mol. The molecule has 2 heterocycles. The highest BCUT2D eigenvalue weighted by atomic mass is 16.2. The number of nitrogens with one attached hydrogen (secondary N) is 1. The van der Waals surface area contributed by atoms with Crippen molar-refractivity contribution in [2.24, 2.45) is 0 Å². The first-order chi connectivity index (χ1) is 10.1. The average molecular weight is 284 g/mol. The minimum Gasteiger partial charge on any atom is -0.332 e. The molecule has 1 N–H and O–H groups in total. The molecule has 3 rings (SSSR count). The maximum absolute atomic E-state index is 12.2. The number of carbonyl (C=O) groups excluding carboxylic acids is 2. The molecule has 6 nitrogen and oxygen atoms in total. The van der Waals surface area contributed by atoms with Gasteiger partial charge in [-0.2, -0.15) is 0 Å². The van der Waals surface area contributed by atoms with Crippen molar-refractivity contribution in [2.75, 3.05) is 11.9 Å². The number of imidazole rings is 1. The van der Waals surface area contributed by atoms with Gasteiger partial charge in [-0.1, -0.05) is 0 Å². The van der Waals surface area contributed by atoms with Crippen molar-refractivity contribution < 1.29 is 9.59 Å². The van der Waals surface area contributed by atoms with E-state index in [4.69, 9.17) is 0 Å². The van der Waals surface area contributed by atoms with Crippen LogP contribution < -0.4 is 5.32 Å². The van der Waals surface area contributed by atoms with Crippen LogP contribution in [0.15, 0.2) is 36.7 Å². The van der Waals surface area contributed by atoms with Crippen LogP contribution in [0.1, 0.15) is 23.1 Å². The summed E-state index contributed by atoms with van der Waals surface area (Å²) in [5.74, 6) is 0.902. The SMILES string of the molecule is CC(=O)c1ccc(NC(=O)N2CCn3ccnc3C2)cc1. The summed E-state index contributed by atoms with van der Waals surface area (Å²) in [6, 6.07) is 6.74. The maximum atomic E-state index is 12.2. The first kappa shape index (κ1) is 13.4. The van der Waals surface area contributed by atoms with Gasteiger partial charge in [0.25, 0.3) is 0 Å². The lowest BCUT2D eigenvalue weighted by Gasteiger charge is -2.27. The molecular formula is C15H16N4O2. The average Bonchev–Trinajstić information content (AvgIpc) is 2.95. The summed E-state index contributed by atoms with van der Waals surface area (Å²) in [7, 11) is 0. The van der Waals surface area contributed by atoms with Gasteiger partial charge in [0.1, 0.15) is 5.82 Å². The van der Waals surface area contributed by atoms with E-state index in [9.17, 15) is 9.59 Å². The van der Waals surface area contributed by atoms with Crippen molar-refractivity contribution in [3.8, 4) is 0 Å². The maximum Gasteiger partial charge on any atom is 0.322 e. The van der Waals surface area contributed by atoms with Gasteiger partial charge in [-0.3, -0.25) is 4.79 Å². The van der Waals surface area contributed by atoms with Crippen LogP contribution in [0.25, 0.3) is 0 Å². The van der Waals surface area contributed by atoms with Gasteiger partial charge in [0, 0.05) is 36.7 Å². The largest absolute Gasteiger partial charge is 0.332 e. The number of fused-ring (bicyclic) bond motifs is 1. The lowest BCUT2D eigenvalue weighted by molar-refractivity contribution is 0.101. The number of ketones is 1. The quantitative estimate of drug-likeness (QED) is 0.859. The summed E-state index contributed by atoms with van der Waals surface area (Å²) >= 11 is 0. The number of anilines is 1. The van der Waals surface area contributed by atoms with Gasteiger partial charge in [0.05, 0.1) is 6.54 Å². The molecule has 6 heteroatoms. The summed E-state index contributed by atoms with van der Waals surface area (Å²) < 4.78 is 2.05. The van der Waals surface area contributed by atoms with Crippen molar-refractivity contribution in [2.45, 2.75) is 20.0 Å². The Labute approximate surface area is 122 Å². The number of benzene rings is 1. The summed E-state index contributed by atoms with van der Waals surface area (Å²) in [6.07, 6.45) is 3.67. The Bertz CT molecular complexity index is 675. The van der Waals surface area contributed by atoms with Gasteiger partial charge >= 0.3 is 6.03 Å². The molecule has 0 aliphatic carbocycles. The van der Waals surface area contributed by atoms with Gasteiger partial charge in [0.15, 0.2) is 5.78 Å². The second kappa shape index (κ2) is 5.40. The van der Waals surface area contributed by atoms with Crippen LogP contribution in [0.3, 0.4) is 0 Å². The molecule has 0 bridgehead atoms. The second-order valence-corrected chi connectivity index (χ2v) is 5.02.